The topological polar surface area (TPSA) is 311 Å². The molecule has 17 nitrogen and oxygen atoms in total. The van der Waals surface area contributed by atoms with Crippen molar-refractivity contribution in [2.45, 2.75) is 85.8 Å². The fourth-order valence-corrected chi connectivity index (χ4v) is 3.24. The van der Waals surface area contributed by atoms with Gasteiger partial charge < -0.3 is 85.7 Å². The molecule has 0 aromatic heterocycles. The summed E-state index contributed by atoms with van der Waals surface area (Å²) in [4.78, 5) is 0. The highest BCUT2D eigenvalue weighted by atomic mass is 16.7. The predicted octanol–water partition coefficient (Wildman–Crippen LogP) is -8.98. The average Bonchev–Trinajstić information content (AvgIpc) is 2.87. The van der Waals surface area contributed by atoms with Gasteiger partial charge in [0.2, 0.25) is 0 Å². The Morgan fingerprint density at radius 1 is 0.571 bits per heavy atom. The Morgan fingerprint density at radius 3 is 1.49 bits per heavy atom. The highest BCUT2D eigenvalue weighted by Gasteiger charge is 2.50. The van der Waals surface area contributed by atoms with Crippen molar-refractivity contribution < 1.29 is 85.7 Å². The lowest BCUT2D eigenvalue weighted by atomic mass is 9.97. The third-order valence-corrected chi connectivity index (χ3v) is 5.49. The van der Waals surface area contributed by atoms with Crippen LogP contribution in [0.4, 0.5) is 0 Å². The minimum absolute atomic E-state index is 0.667. The average molecular weight is 524 g/mol. The van der Waals surface area contributed by atoms with Crippen LogP contribution in [0.5, 0.6) is 0 Å². The highest BCUT2D eigenvalue weighted by Crippen LogP contribution is 2.28. The molecular weight excluding hydrogens is 488 g/mol. The quantitative estimate of drug-likeness (QED) is 0.133. The summed E-state index contributed by atoms with van der Waals surface area (Å²) in [6, 6.07) is 0. The van der Waals surface area contributed by atoms with Gasteiger partial charge in [-0.1, -0.05) is 0 Å². The molecule has 0 aliphatic carbocycles. The van der Waals surface area contributed by atoms with Gasteiger partial charge in [-0.15, -0.1) is 0 Å². The Hall–Kier alpha value is -0.680. The number of ether oxygens (including phenoxy) is 3. The molecule has 35 heavy (non-hydrogen) atoms. The van der Waals surface area contributed by atoms with Gasteiger partial charge in [0.1, 0.15) is 73.2 Å². The molecule has 0 saturated carbocycles. The van der Waals surface area contributed by atoms with Crippen molar-refractivity contribution in [3.05, 3.63) is 0 Å². The maximum atomic E-state index is 9.94. The first-order valence-corrected chi connectivity index (χ1v) is 10.6. The minimum Gasteiger partial charge on any atom is -0.394 e. The van der Waals surface area contributed by atoms with Crippen molar-refractivity contribution in [1.82, 2.24) is 0 Å². The summed E-state index contributed by atoms with van der Waals surface area (Å²) in [6.45, 7) is -2.80. The van der Waals surface area contributed by atoms with E-state index in [0.29, 0.717) is 0 Å². The summed E-state index contributed by atoms with van der Waals surface area (Å²) in [5, 5.41) is 129. The van der Waals surface area contributed by atoms with E-state index in [1.54, 1.807) is 0 Å². The van der Waals surface area contributed by atoms with E-state index >= 15 is 0 Å². The summed E-state index contributed by atoms with van der Waals surface area (Å²) < 4.78 is 15.3. The van der Waals surface area contributed by atoms with Crippen molar-refractivity contribution >= 4 is 0 Å². The largest absolute Gasteiger partial charge is 0.394 e. The molecule has 0 bridgehead atoms. The van der Waals surface area contributed by atoms with Gasteiger partial charge in [0.15, 0.2) is 12.6 Å². The minimum atomic E-state index is -1.74. The van der Waals surface area contributed by atoms with Gasteiger partial charge in [-0.25, -0.2) is 0 Å². The monoisotopic (exact) mass is 524 g/mol. The summed E-state index contributed by atoms with van der Waals surface area (Å²) >= 11 is 0. The Labute approximate surface area is 198 Å². The molecule has 2 rings (SSSR count). The third-order valence-electron chi connectivity index (χ3n) is 5.49. The summed E-state index contributed by atoms with van der Waals surface area (Å²) in [7, 11) is 0. The van der Waals surface area contributed by atoms with Crippen LogP contribution in [0.1, 0.15) is 0 Å². The molecule has 2 heterocycles. The van der Waals surface area contributed by atoms with E-state index in [1.165, 1.54) is 0 Å². The van der Waals surface area contributed by atoms with Crippen molar-refractivity contribution in [2.24, 2.45) is 0 Å². The van der Waals surface area contributed by atoms with Gasteiger partial charge in [0, 0.05) is 0 Å². The second-order valence-electron chi connectivity index (χ2n) is 8.01. The maximum absolute atomic E-state index is 9.94. The fourth-order valence-electron chi connectivity index (χ4n) is 3.24. The van der Waals surface area contributed by atoms with Gasteiger partial charge in [-0.05, 0) is 0 Å². The first-order chi connectivity index (χ1) is 16.4. The van der Waals surface area contributed by atoms with E-state index in [-0.39, 0.29) is 0 Å². The van der Waals surface area contributed by atoms with E-state index in [9.17, 15) is 35.7 Å². The summed E-state index contributed by atoms with van der Waals surface area (Å²) in [5.74, 6) is 0. The normalized spacial score (nSPS) is 41.3. The van der Waals surface area contributed by atoms with E-state index in [2.05, 4.69) is 0 Å². The molecule has 0 radical (unpaired) electrons. The number of aliphatic hydroxyl groups is 14. The third kappa shape index (κ3) is 8.15. The van der Waals surface area contributed by atoms with Crippen LogP contribution in [0.15, 0.2) is 0 Å². The van der Waals surface area contributed by atoms with Gasteiger partial charge >= 0.3 is 0 Å². The molecule has 17 heteroatoms. The zero-order valence-corrected chi connectivity index (χ0v) is 18.4. The van der Waals surface area contributed by atoms with Crippen LogP contribution in [0.25, 0.3) is 0 Å². The number of hydrogen-bond acceptors (Lipinski definition) is 17. The predicted molar refractivity (Wildman–Crippen MR) is 107 cm³/mol. The molecule has 210 valence electrons. The summed E-state index contributed by atoms with van der Waals surface area (Å²) in [5.41, 5.74) is 0. The zero-order chi connectivity index (χ0) is 27.0. The van der Waals surface area contributed by atoms with E-state index in [4.69, 9.17) is 50.0 Å². The molecule has 0 aromatic rings. The molecule has 0 unspecified atom stereocenters. The number of rotatable bonds is 9. The van der Waals surface area contributed by atoms with E-state index in [1.807, 2.05) is 0 Å². The smallest absolute Gasteiger partial charge is 0.187 e. The van der Waals surface area contributed by atoms with Crippen LogP contribution in [0.3, 0.4) is 0 Å². The van der Waals surface area contributed by atoms with Crippen molar-refractivity contribution in [2.75, 3.05) is 26.4 Å². The number of aliphatic hydroxyl groups excluding tert-OH is 14. The van der Waals surface area contributed by atoms with Crippen LogP contribution in [-0.4, -0.2) is 184 Å². The Bertz CT molecular complexity index is 567. The van der Waals surface area contributed by atoms with Crippen molar-refractivity contribution in [3.8, 4) is 0 Å². The molecule has 2 aliphatic heterocycles. The Morgan fingerprint density at radius 2 is 1.06 bits per heavy atom. The van der Waals surface area contributed by atoms with E-state index < -0.39 is 112 Å². The standard InChI is InChI=1S/C12H22O11.C6H14O6/c13-1-3-5(15)6(16)9(19)12(22-3)23-10-4(2-14)21-11(20)8(18)7(10)17;7-1-3(9)5(11)6(12)4(10)2-8/h3-20H,1-2H2;3-12H,1-2H2/t3-,4-,5-,6+,7-,8-,9-,10-,11-,12-;3-,4+,5-,6-/m11/s1. The van der Waals surface area contributed by atoms with Crippen LogP contribution in [0.2, 0.25) is 0 Å². The fraction of sp³-hybridized carbons (Fsp3) is 1.00. The van der Waals surface area contributed by atoms with Gasteiger partial charge in [-0.2, -0.15) is 0 Å². The Balaban J connectivity index is 0.000000434. The van der Waals surface area contributed by atoms with Crippen LogP contribution in [0, 0.1) is 0 Å². The first kappa shape index (κ1) is 32.3. The lowest BCUT2D eigenvalue weighted by Crippen LogP contribution is -2.64. The van der Waals surface area contributed by atoms with Crippen molar-refractivity contribution in [1.29, 1.82) is 0 Å². The van der Waals surface area contributed by atoms with Gasteiger partial charge in [0.05, 0.1) is 26.4 Å². The molecule has 0 amide bonds. The van der Waals surface area contributed by atoms with Crippen LogP contribution >= 0.6 is 0 Å². The SMILES string of the molecule is OC[C@@H](O)[C@@H](O)[C@H](O)[C@@H](O)CO.OC[C@H]1O[C@H](O[C@H]2[C@H](O)[C@@H](O)[C@H](O)O[C@@H]2CO)[C@H](O)[C@@H](O)[C@@H]1O. The molecule has 14 N–H and O–H groups in total. The second-order valence-corrected chi connectivity index (χ2v) is 8.01. The molecule has 2 saturated heterocycles. The van der Waals surface area contributed by atoms with Crippen molar-refractivity contribution in [3.63, 3.8) is 0 Å². The molecule has 0 aromatic carbocycles. The second kappa shape index (κ2) is 14.9. The van der Waals surface area contributed by atoms with Gasteiger partial charge in [0.25, 0.3) is 0 Å². The molecule has 2 aliphatic rings. The molecule has 2 fully saturated rings. The Kier molecular flexibility index (Phi) is 13.8. The number of hydrogen-bond donors (Lipinski definition) is 14. The molecule has 14 atom stereocenters. The van der Waals surface area contributed by atoms with Crippen LogP contribution < -0.4 is 0 Å². The highest BCUT2D eigenvalue weighted by molar-refractivity contribution is 4.93. The summed E-state index contributed by atoms with van der Waals surface area (Å²) in [6.07, 6.45) is -22.0. The lowest BCUT2D eigenvalue weighted by molar-refractivity contribution is -0.355. The zero-order valence-electron chi connectivity index (χ0n) is 18.4. The van der Waals surface area contributed by atoms with E-state index in [0.717, 1.165) is 0 Å². The molecule has 0 spiro atoms. The molecular formula is C18H36O17. The van der Waals surface area contributed by atoms with Gasteiger partial charge in [-0.3, -0.25) is 0 Å². The van der Waals surface area contributed by atoms with Crippen LogP contribution in [-0.2, 0) is 14.2 Å². The first-order valence-electron chi connectivity index (χ1n) is 10.6. The lowest BCUT2D eigenvalue weighted by Gasteiger charge is -2.45. The maximum Gasteiger partial charge on any atom is 0.187 e.